The van der Waals surface area contributed by atoms with E-state index in [0.717, 1.165) is 12.1 Å². The number of hydrogen-bond acceptors (Lipinski definition) is 5. The molecule has 0 saturated carbocycles. The number of rotatable bonds is 10. The summed E-state index contributed by atoms with van der Waals surface area (Å²) in [6, 6.07) is 12.5. The molecule has 1 saturated heterocycles. The maximum Gasteiger partial charge on any atom is 0.404 e. The molecule has 1 heterocycles. The summed E-state index contributed by atoms with van der Waals surface area (Å²) >= 11 is 0. The van der Waals surface area contributed by atoms with Crippen LogP contribution in [0.1, 0.15) is 35.4 Å². The second kappa shape index (κ2) is 13.4. The fourth-order valence-electron chi connectivity index (χ4n) is 4.65. The van der Waals surface area contributed by atoms with E-state index >= 15 is 0 Å². The smallest absolute Gasteiger partial charge is 0.404 e. The van der Waals surface area contributed by atoms with Gasteiger partial charge in [-0.15, -0.1) is 0 Å². The van der Waals surface area contributed by atoms with E-state index in [1.165, 1.54) is 42.5 Å². The van der Waals surface area contributed by atoms with Gasteiger partial charge in [-0.25, -0.2) is 22.4 Å². The number of carbonyl (C=O) groups excluding carboxylic acids is 2. The summed E-state index contributed by atoms with van der Waals surface area (Å²) in [6.45, 7) is 0.807. The Hall–Kier alpha value is -3.96. The lowest BCUT2D eigenvalue weighted by molar-refractivity contribution is -0.116. The van der Waals surface area contributed by atoms with Crippen LogP contribution < -0.4 is 16.4 Å². The standard InChI is InChI=1S/C29H29F4N3O4/c30-18-6-4-17(5-7-18)24(22-10-8-19(31)12-26(22)33)13-28(37)36-27-3-1-2-25(32)23(27)11-9-21-14-35-20(15-39-21)16-40-29(34)38/h1-8,10,12,20-21,24,35H,9,11,13-16H2,(H2,34,38)(H,36,37)/t20-,21+,24-/m0/s1. The second-order valence-electron chi connectivity index (χ2n) is 9.52. The summed E-state index contributed by atoms with van der Waals surface area (Å²) in [5.74, 6) is -3.97. The van der Waals surface area contributed by atoms with E-state index in [2.05, 4.69) is 10.6 Å². The molecule has 0 spiro atoms. The Morgan fingerprint density at radius 3 is 2.45 bits per heavy atom. The lowest BCUT2D eigenvalue weighted by Gasteiger charge is -2.30. The van der Waals surface area contributed by atoms with E-state index in [-0.39, 0.29) is 55.0 Å². The third kappa shape index (κ3) is 7.80. The van der Waals surface area contributed by atoms with Gasteiger partial charge in [-0.1, -0.05) is 24.3 Å². The van der Waals surface area contributed by atoms with Crippen molar-refractivity contribution in [2.45, 2.75) is 37.3 Å². The Labute approximate surface area is 228 Å². The molecule has 3 atom stereocenters. The van der Waals surface area contributed by atoms with Crippen molar-refractivity contribution < 1.29 is 36.6 Å². The molecule has 1 fully saturated rings. The van der Waals surface area contributed by atoms with E-state index in [9.17, 15) is 27.2 Å². The number of carbonyl (C=O) groups is 2. The molecule has 3 aromatic carbocycles. The van der Waals surface area contributed by atoms with Crippen molar-refractivity contribution in [1.29, 1.82) is 0 Å². The number of morpholine rings is 1. The number of anilines is 1. The molecule has 0 bridgehead atoms. The minimum Gasteiger partial charge on any atom is -0.448 e. The Balaban J connectivity index is 1.43. The van der Waals surface area contributed by atoms with Gasteiger partial charge in [-0.2, -0.15) is 0 Å². The fraction of sp³-hybridized carbons (Fsp3) is 0.310. The zero-order valence-electron chi connectivity index (χ0n) is 21.5. The maximum absolute atomic E-state index is 14.8. The van der Waals surface area contributed by atoms with Gasteiger partial charge >= 0.3 is 6.09 Å². The van der Waals surface area contributed by atoms with Gasteiger partial charge in [0.05, 0.1) is 18.8 Å². The van der Waals surface area contributed by atoms with Crippen LogP contribution in [0.15, 0.2) is 60.7 Å². The molecular formula is C29H29F4N3O4. The van der Waals surface area contributed by atoms with Crippen molar-refractivity contribution >= 4 is 17.7 Å². The van der Waals surface area contributed by atoms with Crippen LogP contribution in [0.2, 0.25) is 0 Å². The molecule has 212 valence electrons. The maximum atomic E-state index is 14.8. The number of benzene rings is 3. The zero-order chi connectivity index (χ0) is 28.6. The molecule has 0 radical (unpaired) electrons. The summed E-state index contributed by atoms with van der Waals surface area (Å²) in [5, 5.41) is 5.91. The molecule has 1 aliphatic rings. The Kier molecular flexibility index (Phi) is 9.73. The molecule has 1 aliphatic heterocycles. The highest BCUT2D eigenvalue weighted by molar-refractivity contribution is 5.92. The van der Waals surface area contributed by atoms with E-state index in [0.29, 0.717) is 18.5 Å². The summed E-state index contributed by atoms with van der Waals surface area (Å²) in [6.07, 6.45) is -0.666. The number of ether oxygens (including phenoxy) is 2. The highest BCUT2D eigenvalue weighted by Gasteiger charge is 2.25. The van der Waals surface area contributed by atoms with Gasteiger partial charge < -0.3 is 25.8 Å². The van der Waals surface area contributed by atoms with Crippen molar-refractivity contribution in [2.75, 3.05) is 25.1 Å². The van der Waals surface area contributed by atoms with Gasteiger partial charge in [0.2, 0.25) is 5.91 Å². The number of amides is 2. The van der Waals surface area contributed by atoms with E-state index in [4.69, 9.17) is 15.2 Å². The quantitative estimate of drug-likeness (QED) is 0.310. The van der Waals surface area contributed by atoms with Crippen LogP contribution in [0.5, 0.6) is 0 Å². The molecular weight excluding hydrogens is 530 g/mol. The number of nitrogens with one attached hydrogen (secondary N) is 2. The van der Waals surface area contributed by atoms with Gasteiger partial charge in [0, 0.05) is 36.2 Å². The SMILES string of the molecule is NC(=O)OC[C@@H]1CO[C@H](CCc2c(F)cccc2NC(=O)C[C@@H](c2ccc(F)cc2)c2ccc(F)cc2F)CN1. The third-order valence-corrected chi connectivity index (χ3v) is 6.70. The third-order valence-electron chi connectivity index (χ3n) is 6.70. The minimum atomic E-state index is -0.871. The lowest BCUT2D eigenvalue weighted by Crippen LogP contribution is -2.49. The Bertz CT molecular complexity index is 1330. The summed E-state index contributed by atoms with van der Waals surface area (Å²) < 4.78 is 67.2. The molecule has 0 aliphatic carbocycles. The molecule has 3 aromatic rings. The van der Waals surface area contributed by atoms with Crippen LogP contribution in [0, 0.1) is 23.3 Å². The van der Waals surface area contributed by atoms with Crippen LogP contribution in [0.4, 0.5) is 28.0 Å². The average Bonchev–Trinajstić information content (AvgIpc) is 2.92. The molecule has 4 N–H and O–H groups in total. The molecule has 0 unspecified atom stereocenters. The van der Waals surface area contributed by atoms with E-state index in [1.54, 1.807) is 6.07 Å². The summed E-state index contributed by atoms with van der Waals surface area (Å²) in [4.78, 5) is 23.9. The van der Waals surface area contributed by atoms with Crippen LogP contribution in [0.25, 0.3) is 0 Å². The predicted octanol–water partition coefficient (Wildman–Crippen LogP) is 4.79. The molecule has 0 aromatic heterocycles. The lowest BCUT2D eigenvalue weighted by atomic mass is 9.87. The fourth-order valence-corrected chi connectivity index (χ4v) is 4.65. The van der Waals surface area contributed by atoms with Crippen LogP contribution in [0.3, 0.4) is 0 Å². The van der Waals surface area contributed by atoms with Crippen molar-refractivity contribution in [2.24, 2.45) is 5.73 Å². The zero-order valence-corrected chi connectivity index (χ0v) is 21.5. The predicted molar refractivity (Wildman–Crippen MR) is 140 cm³/mol. The molecule has 11 heteroatoms. The second-order valence-corrected chi connectivity index (χ2v) is 9.52. The number of hydrogen-bond donors (Lipinski definition) is 3. The molecule has 4 rings (SSSR count). The molecule has 40 heavy (non-hydrogen) atoms. The van der Waals surface area contributed by atoms with Crippen LogP contribution >= 0.6 is 0 Å². The highest BCUT2D eigenvalue weighted by Crippen LogP contribution is 2.32. The first-order chi connectivity index (χ1) is 19.2. The van der Waals surface area contributed by atoms with Crippen molar-refractivity contribution in [1.82, 2.24) is 5.32 Å². The normalized spacial score (nSPS) is 17.7. The molecule has 7 nitrogen and oxygen atoms in total. The Morgan fingerprint density at radius 1 is 1.02 bits per heavy atom. The minimum absolute atomic E-state index is 0.0732. The van der Waals surface area contributed by atoms with Gasteiger partial charge in [0.1, 0.15) is 29.9 Å². The number of nitrogens with two attached hydrogens (primary N) is 1. The van der Waals surface area contributed by atoms with Crippen LogP contribution in [-0.2, 0) is 20.7 Å². The van der Waals surface area contributed by atoms with E-state index < -0.39 is 41.2 Å². The average molecular weight is 560 g/mol. The largest absolute Gasteiger partial charge is 0.448 e. The van der Waals surface area contributed by atoms with Crippen LogP contribution in [-0.4, -0.2) is 43.9 Å². The van der Waals surface area contributed by atoms with Gasteiger partial charge in [-0.3, -0.25) is 4.79 Å². The monoisotopic (exact) mass is 559 g/mol. The number of primary amides is 1. The first kappa shape index (κ1) is 29.0. The van der Waals surface area contributed by atoms with E-state index in [1.807, 2.05) is 0 Å². The van der Waals surface area contributed by atoms with Gasteiger partial charge in [0.25, 0.3) is 0 Å². The van der Waals surface area contributed by atoms with Gasteiger partial charge in [-0.05, 0) is 54.3 Å². The topological polar surface area (TPSA) is 103 Å². The molecule has 2 amide bonds. The summed E-state index contributed by atoms with van der Waals surface area (Å²) in [7, 11) is 0. The van der Waals surface area contributed by atoms with Crippen molar-refractivity contribution in [3.8, 4) is 0 Å². The summed E-state index contributed by atoms with van der Waals surface area (Å²) in [5.41, 5.74) is 6.06. The van der Waals surface area contributed by atoms with Crippen molar-refractivity contribution in [3.05, 3.63) is 101 Å². The first-order valence-electron chi connectivity index (χ1n) is 12.7. The number of halogens is 4. The van der Waals surface area contributed by atoms with Gasteiger partial charge in [0.15, 0.2) is 0 Å². The Morgan fingerprint density at radius 2 is 1.77 bits per heavy atom. The van der Waals surface area contributed by atoms with Crippen molar-refractivity contribution in [3.63, 3.8) is 0 Å². The highest BCUT2D eigenvalue weighted by atomic mass is 19.1. The first-order valence-corrected chi connectivity index (χ1v) is 12.7.